The highest BCUT2D eigenvalue weighted by molar-refractivity contribution is 5.72. The Balaban J connectivity index is 1.54. The monoisotopic (exact) mass is 363 g/mol. The number of benzene rings is 1. The molecular formula is C21H27F2NO2. The molecule has 3 nitrogen and oxygen atoms in total. The van der Waals surface area contributed by atoms with Gasteiger partial charge in [-0.15, -0.1) is 0 Å². The van der Waals surface area contributed by atoms with Crippen molar-refractivity contribution in [3.63, 3.8) is 0 Å². The van der Waals surface area contributed by atoms with Crippen molar-refractivity contribution in [2.75, 3.05) is 6.54 Å². The second-order valence-corrected chi connectivity index (χ2v) is 7.75. The van der Waals surface area contributed by atoms with Crippen molar-refractivity contribution in [2.45, 2.75) is 58.6 Å². The molecule has 2 atom stereocenters. The number of carbonyl (C=O) groups excluding carboxylic acids is 1. The third-order valence-corrected chi connectivity index (χ3v) is 5.58. The predicted molar refractivity (Wildman–Crippen MR) is 97.2 cm³/mol. The van der Waals surface area contributed by atoms with E-state index in [9.17, 15) is 13.6 Å². The van der Waals surface area contributed by atoms with Crippen molar-refractivity contribution < 1.29 is 18.3 Å². The quantitative estimate of drug-likeness (QED) is 0.558. The van der Waals surface area contributed by atoms with Crippen LogP contribution in [0, 0.1) is 23.0 Å². The van der Waals surface area contributed by atoms with Crippen LogP contribution in [0.1, 0.15) is 57.9 Å². The molecule has 1 spiro atoms. The maximum atomic E-state index is 13.8. The van der Waals surface area contributed by atoms with Crippen LogP contribution >= 0.6 is 0 Å². The molecular weight excluding hydrogens is 336 g/mol. The van der Waals surface area contributed by atoms with E-state index >= 15 is 0 Å². The maximum absolute atomic E-state index is 13.8. The Morgan fingerprint density at radius 3 is 2.62 bits per heavy atom. The van der Waals surface area contributed by atoms with Gasteiger partial charge in [0.2, 0.25) is 0 Å². The van der Waals surface area contributed by atoms with E-state index in [0.717, 1.165) is 37.8 Å². The van der Waals surface area contributed by atoms with Crippen molar-refractivity contribution in [3.05, 3.63) is 41.0 Å². The lowest BCUT2D eigenvalue weighted by molar-refractivity contribution is -0.182. The van der Waals surface area contributed by atoms with Gasteiger partial charge in [0.05, 0.1) is 5.92 Å². The predicted octanol–water partition coefficient (Wildman–Crippen LogP) is 4.82. The van der Waals surface area contributed by atoms with Gasteiger partial charge in [0.1, 0.15) is 11.6 Å². The first-order chi connectivity index (χ1) is 12.4. The van der Waals surface area contributed by atoms with Crippen molar-refractivity contribution >= 4 is 12.0 Å². The number of carbonyl (C=O) groups is 1. The van der Waals surface area contributed by atoms with Crippen LogP contribution in [0.5, 0.6) is 0 Å². The molecule has 1 saturated carbocycles. The van der Waals surface area contributed by atoms with Gasteiger partial charge in [-0.25, -0.2) is 8.78 Å². The van der Waals surface area contributed by atoms with E-state index in [1.165, 1.54) is 18.2 Å². The number of esters is 1. The molecule has 0 amide bonds. The Bertz CT molecular complexity index is 673. The second-order valence-electron chi connectivity index (χ2n) is 7.75. The molecule has 0 aromatic heterocycles. The van der Waals surface area contributed by atoms with Gasteiger partial charge in [-0.05, 0) is 37.5 Å². The summed E-state index contributed by atoms with van der Waals surface area (Å²) in [6, 6.07) is 3.89. The number of unbranched alkanes of at least 4 members (excludes halogenated alkanes) is 2. The van der Waals surface area contributed by atoms with Crippen LogP contribution in [-0.4, -0.2) is 18.7 Å². The summed E-state index contributed by atoms with van der Waals surface area (Å²) in [6.07, 6.45) is 6.87. The van der Waals surface area contributed by atoms with E-state index in [1.54, 1.807) is 6.08 Å². The van der Waals surface area contributed by atoms with Crippen LogP contribution in [0.25, 0.3) is 6.08 Å². The van der Waals surface area contributed by atoms with Gasteiger partial charge >= 0.3 is 5.97 Å². The van der Waals surface area contributed by atoms with Crippen LogP contribution in [-0.2, 0) is 9.53 Å². The van der Waals surface area contributed by atoms with Gasteiger partial charge in [0, 0.05) is 17.5 Å². The van der Waals surface area contributed by atoms with Crippen LogP contribution < -0.4 is 5.32 Å². The molecule has 1 N–H and O–H groups in total. The van der Waals surface area contributed by atoms with Crippen LogP contribution in [0.4, 0.5) is 8.78 Å². The van der Waals surface area contributed by atoms with Crippen molar-refractivity contribution in [1.29, 1.82) is 0 Å². The smallest absolute Gasteiger partial charge is 0.310 e. The largest absolute Gasteiger partial charge is 0.446 e. The number of allylic oxidation sites excluding steroid dienone is 1. The Kier molecular flexibility index (Phi) is 5.76. The average Bonchev–Trinajstić information content (AvgIpc) is 2.56. The standard InChI is InChI=1S/C21H27F2NO2/c1-3-4-5-7-14(2)19(25)26-20-21(13-24-20)11-15(12-21)10-16-17(22)8-6-9-18(16)23/h6,8-10,14,20,24H,3-5,7,11-13H2,1-2H3. The molecule has 26 heavy (non-hydrogen) atoms. The maximum Gasteiger partial charge on any atom is 0.310 e. The number of rotatable bonds is 7. The Labute approximate surface area is 153 Å². The van der Waals surface area contributed by atoms with E-state index < -0.39 is 11.6 Å². The number of ether oxygens (including phenoxy) is 1. The summed E-state index contributed by atoms with van der Waals surface area (Å²) < 4.78 is 33.2. The molecule has 1 aromatic carbocycles. The molecule has 2 aliphatic rings. The Morgan fingerprint density at radius 2 is 2.04 bits per heavy atom. The van der Waals surface area contributed by atoms with Gasteiger partial charge in [-0.2, -0.15) is 0 Å². The fourth-order valence-electron chi connectivity index (χ4n) is 3.81. The molecule has 2 unspecified atom stereocenters. The first-order valence-corrected chi connectivity index (χ1v) is 9.52. The third kappa shape index (κ3) is 3.83. The Hall–Kier alpha value is -1.75. The minimum absolute atomic E-state index is 0.0164. The lowest BCUT2D eigenvalue weighted by Crippen LogP contribution is -2.67. The van der Waals surface area contributed by atoms with Crippen LogP contribution in [0.3, 0.4) is 0 Å². The average molecular weight is 363 g/mol. The Morgan fingerprint density at radius 1 is 1.35 bits per heavy atom. The third-order valence-electron chi connectivity index (χ3n) is 5.58. The highest BCUT2D eigenvalue weighted by atomic mass is 19.1. The number of hydrogen-bond donors (Lipinski definition) is 1. The van der Waals surface area contributed by atoms with E-state index in [0.29, 0.717) is 12.8 Å². The zero-order valence-corrected chi connectivity index (χ0v) is 15.5. The zero-order chi connectivity index (χ0) is 18.7. The van der Waals surface area contributed by atoms with Crippen LogP contribution in [0.15, 0.2) is 23.8 Å². The van der Waals surface area contributed by atoms with Crippen molar-refractivity contribution in [1.82, 2.24) is 5.32 Å². The second kappa shape index (κ2) is 7.87. The highest BCUT2D eigenvalue weighted by Gasteiger charge is 2.55. The van der Waals surface area contributed by atoms with Gasteiger partial charge in [-0.1, -0.05) is 44.7 Å². The lowest BCUT2D eigenvalue weighted by atomic mass is 9.60. The van der Waals surface area contributed by atoms with Gasteiger partial charge in [-0.3, -0.25) is 10.1 Å². The summed E-state index contributed by atoms with van der Waals surface area (Å²) in [5, 5.41) is 3.18. The molecule has 1 aliphatic carbocycles. The lowest BCUT2D eigenvalue weighted by Gasteiger charge is -2.56. The van der Waals surface area contributed by atoms with Crippen LogP contribution in [0.2, 0.25) is 0 Å². The van der Waals surface area contributed by atoms with E-state index in [-0.39, 0.29) is 29.1 Å². The SMILES string of the molecule is CCCCCC(C)C(=O)OC1NCC12CC(=Cc1c(F)cccc1F)C2. The summed E-state index contributed by atoms with van der Waals surface area (Å²) in [5.74, 6) is -1.35. The fourth-order valence-corrected chi connectivity index (χ4v) is 3.81. The van der Waals surface area contributed by atoms with Gasteiger partial charge < -0.3 is 4.74 Å². The normalized spacial score (nSPS) is 25.4. The topological polar surface area (TPSA) is 38.3 Å². The molecule has 0 bridgehead atoms. The minimum Gasteiger partial charge on any atom is -0.446 e. The summed E-state index contributed by atoms with van der Waals surface area (Å²) in [4.78, 5) is 12.3. The van der Waals surface area contributed by atoms with Gasteiger partial charge in [0.25, 0.3) is 0 Å². The highest BCUT2D eigenvalue weighted by Crippen LogP contribution is 2.52. The van der Waals surface area contributed by atoms with Gasteiger partial charge in [0.15, 0.2) is 6.23 Å². The fraction of sp³-hybridized carbons (Fsp3) is 0.571. The molecule has 1 aliphatic heterocycles. The molecule has 142 valence electrons. The van der Waals surface area contributed by atoms with E-state index in [1.807, 2.05) is 6.92 Å². The summed E-state index contributed by atoms with van der Waals surface area (Å²) in [6.45, 7) is 4.82. The molecule has 2 fully saturated rings. The zero-order valence-electron chi connectivity index (χ0n) is 15.5. The molecule has 0 radical (unpaired) electrons. The number of halogens is 2. The number of hydrogen-bond acceptors (Lipinski definition) is 3. The first kappa shape index (κ1) is 19.0. The first-order valence-electron chi connectivity index (χ1n) is 9.52. The summed E-state index contributed by atoms with van der Waals surface area (Å²) >= 11 is 0. The summed E-state index contributed by atoms with van der Waals surface area (Å²) in [5.41, 5.74) is 0.905. The van der Waals surface area contributed by atoms with E-state index in [4.69, 9.17) is 4.74 Å². The van der Waals surface area contributed by atoms with Crippen molar-refractivity contribution in [3.8, 4) is 0 Å². The van der Waals surface area contributed by atoms with E-state index in [2.05, 4.69) is 12.2 Å². The molecule has 1 saturated heterocycles. The van der Waals surface area contributed by atoms with Crippen molar-refractivity contribution in [2.24, 2.45) is 11.3 Å². The molecule has 5 heteroatoms. The summed E-state index contributed by atoms with van der Waals surface area (Å²) in [7, 11) is 0. The molecule has 1 aromatic rings. The minimum atomic E-state index is -0.547. The number of nitrogens with one attached hydrogen (secondary N) is 1. The molecule has 3 rings (SSSR count). The molecule has 1 heterocycles.